The molecule has 0 aliphatic rings. The van der Waals surface area contributed by atoms with Crippen LogP contribution in [0.2, 0.25) is 0 Å². The molecule has 0 saturated heterocycles. The highest BCUT2D eigenvalue weighted by atomic mass is 35.5. The molecule has 1 rings (SSSR count). The molecule has 0 aliphatic carbocycles. The quantitative estimate of drug-likeness (QED) is 0.254. The van der Waals surface area contributed by atoms with Gasteiger partial charge in [-0.25, -0.2) is 4.31 Å². The lowest BCUT2D eigenvalue weighted by Gasteiger charge is -2.17. The van der Waals surface area contributed by atoms with Gasteiger partial charge in [0.1, 0.15) is 4.90 Å². The third-order valence-electron chi connectivity index (χ3n) is 2.10. The van der Waals surface area contributed by atoms with Crippen LogP contribution in [0.5, 0.6) is 0 Å². The highest BCUT2D eigenvalue weighted by Crippen LogP contribution is 2.31. The van der Waals surface area contributed by atoms with Crippen LogP contribution in [-0.4, -0.2) is 28.2 Å². The number of alkyl halides is 1. The molecule has 96 valence electrons. The molecule has 0 N–H and O–H groups in total. The fourth-order valence-corrected chi connectivity index (χ4v) is 2.45. The first-order chi connectivity index (χ1) is 8.69. The van der Waals surface area contributed by atoms with E-state index in [0.717, 1.165) is 6.42 Å². The van der Waals surface area contributed by atoms with Gasteiger partial charge in [0.2, 0.25) is 0 Å². The third-order valence-corrected chi connectivity index (χ3v) is 3.48. The molecule has 0 atom stereocenters. The summed E-state index contributed by atoms with van der Waals surface area (Å²) >= 11 is 6.93. The van der Waals surface area contributed by atoms with Gasteiger partial charge in [-0.1, -0.05) is 18.1 Å². The van der Waals surface area contributed by atoms with Gasteiger partial charge in [-0.3, -0.25) is 10.1 Å². The summed E-state index contributed by atoms with van der Waals surface area (Å²) in [5.41, 5.74) is 0.0930. The minimum atomic E-state index is -0.391. The summed E-state index contributed by atoms with van der Waals surface area (Å²) in [6, 6.07) is 6.61. The molecule has 0 radical (unpaired) electrons. The highest BCUT2D eigenvalue weighted by molar-refractivity contribution is 7.97. The zero-order chi connectivity index (χ0) is 13.4. The molecule has 18 heavy (non-hydrogen) atoms. The molecule has 1 aromatic rings. The third kappa shape index (κ3) is 4.57. The van der Waals surface area contributed by atoms with E-state index in [0.29, 0.717) is 23.9 Å². The minimum absolute atomic E-state index is 0.0930. The van der Waals surface area contributed by atoms with E-state index in [1.165, 1.54) is 18.0 Å². The van der Waals surface area contributed by atoms with Crippen LogP contribution in [0.25, 0.3) is 0 Å². The van der Waals surface area contributed by atoms with Crippen molar-refractivity contribution >= 4 is 29.2 Å². The summed E-state index contributed by atoms with van der Waals surface area (Å²) in [5.74, 6) is 3.08. The Morgan fingerprint density at radius 2 is 2.22 bits per heavy atom. The molecule has 0 aliphatic heterocycles. The number of halogens is 1. The van der Waals surface area contributed by atoms with Gasteiger partial charge >= 0.3 is 0 Å². The fourth-order valence-electron chi connectivity index (χ4n) is 1.32. The van der Waals surface area contributed by atoms with E-state index in [4.69, 9.17) is 18.0 Å². The molecular formula is C12H13ClN2O2S. The zero-order valence-corrected chi connectivity index (χ0v) is 11.3. The minimum Gasteiger partial charge on any atom is -0.258 e. The number of benzene rings is 1. The van der Waals surface area contributed by atoms with Crippen molar-refractivity contribution in [2.45, 2.75) is 11.3 Å². The molecule has 0 fully saturated rings. The van der Waals surface area contributed by atoms with Crippen LogP contribution in [-0.2, 0) is 0 Å². The van der Waals surface area contributed by atoms with E-state index in [-0.39, 0.29) is 5.69 Å². The molecule has 6 heteroatoms. The van der Waals surface area contributed by atoms with Crippen molar-refractivity contribution in [2.24, 2.45) is 0 Å². The Kier molecular flexibility index (Phi) is 6.58. The van der Waals surface area contributed by atoms with Gasteiger partial charge in [0.05, 0.1) is 11.5 Å². The molecule has 0 amide bonds. The van der Waals surface area contributed by atoms with Crippen molar-refractivity contribution < 1.29 is 4.92 Å². The normalized spacial score (nSPS) is 10.3. The van der Waals surface area contributed by atoms with Gasteiger partial charge in [0.15, 0.2) is 0 Å². The SMILES string of the molecule is C#CCN(CCCCl)Sc1ccccc1[N+](=O)[O-]. The van der Waals surface area contributed by atoms with Crippen molar-refractivity contribution in [3.05, 3.63) is 34.4 Å². The second-order valence-electron chi connectivity index (χ2n) is 3.43. The number of rotatable bonds is 7. The summed E-state index contributed by atoms with van der Waals surface area (Å²) < 4.78 is 1.89. The van der Waals surface area contributed by atoms with Crippen LogP contribution < -0.4 is 0 Å². The number of nitro groups is 1. The summed E-state index contributed by atoms with van der Waals surface area (Å²) in [6.07, 6.45) is 6.07. The zero-order valence-electron chi connectivity index (χ0n) is 9.71. The molecule has 0 saturated carbocycles. The number of nitrogens with zero attached hydrogens (tertiary/aromatic N) is 2. The Bertz CT molecular complexity index is 448. The second kappa shape index (κ2) is 7.98. The van der Waals surface area contributed by atoms with E-state index >= 15 is 0 Å². The predicted octanol–water partition coefficient (Wildman–Crippen LogP) is 3.17. The molecule has 1 aromatic carbocycles. The van der Waals surface area contributed by atoms with E-state index < -0.39 is 4.92 Å². The van der Waals surface area contributed by atoms with Gasteiger partial charge in [-0.2, -0.15) is 0 Å². The van der Waals surface area contributed by atoms with Crippen LogP contribution in [0.15, 0.2) is 29.2 Å². The molecule has 0 bridgehead atoms. The summed E-state index contributed by atoms with van der Waals surface area (Å²) in [6.45, 7) is 1.12. The number of nitro benzene ring substituents is 1. The molecule has 4 nitrogen and oxygen atoms in total. The Balaban J connectivity index is 2.80. The number of hydrogen-bond acceptors (Lipinski definition) is 4. The average molecular weight is 285 g/mol. The maximum Gasteiger partial charge on any atom is 0.284 e. The van der Waals surface area contributed by atoms with Gasteiger partial charge in [0.25, 0.3) is 5.69 Å². The van der Waals surface area contributed by atoms with Gasteiger partial charge in [-0.15, -0.1) is 18.0 Å². The van der Waals surface area contributed by atoms with Crippen molar-refractivity contribution in [1.29, 1.82) is 0 Å². The van der Waals surface area contributed by atoms with Crippen LogP contribution >= 0.6 is 23.5 Å². The summed E-state index contributed by atoms with van der Waals surface area (Å²) in [4.78, 5) is 11.1. The van der Waals surface area contributed by atoms with Crippen molar-refractivity contribution in [1.82, 2.24) is 4.31 Å². The first kappa shape index (κ1) is 14.8. The van der Waals surface area contributed by atoms with Gasteiger partial charge in [0, 0.05) is 18.5 Å². The first-order valence-corrected chi connectivity index (χ1v) is 6.65. The Morgan fingerprint density at radius 3 is 2.83 bits per heavy atom. The Labute approximate surface area is 116 Å². The number of para-hydroxylation sites is 1. The topological polar surface area (TPSA) is 46.4 Å². The number of terminal acetylenes is 1. The maximum absolute atomic E-state index is 10.9. The Hall–Kier alpha value is -1.22. The molecule has 0 heterocycles. The van der Waals surface area contributed by atoms with Crippen molar-refractivity contribution in [3.63, 3.8) is 0 Å². The Morgan fingerprint density at radius 1 is 1.50 bits per heavy atom. The lowest BCUT2D eigenvalue weighted by Crippen LogP contribution is -2.17. The van der Waals surface area contributed by atoms with Crippen molar-refractivity contribution in [2.75, 3.05) is 19.0 Å². The van der Waals surface area contributed by atoms with Gasteiger partial charge in [-0.05, 0) is 24.4 Å². The van der Waals surface area contributed by atoms with Crippen molar-refractivity contribution in [3.8, 4) is 12.3 Å². The largest absolute Gasteiger partial charge is 0.284 e. The number of hydrogen-bond donors (Lipinski definition) is 0. The summed E-state index contributed by atoms with van der Waals surface area (Å²) in [5, 5.41) is 10.9. The molecule has 0 unspecified atom stereocenters. The smallest absolute Gasteiger partial charge is 0.258 e. The van der Waals surface area contributed by atoms with E-state index in [2.05, 4.69) is 5.92 Å². The standard InChI is InChI=1S/C12H13ClN2O2S/c1-2-9-14(10-5-8-13)18-12-7-4-3-6-11(12)15(16)17/h1,3-4,6-7H,5,8-10H2. The van der Waals surface area contributed by atoms with Crippen LogP contribution in [0.3, 0.4) is 0 Å². The van der Waals surface area contributed by atoms with Crippen LogP contribution in [0.4, 0.5) is 5.69 Å². The average Bonchev–Trinajstić information content (AvgIpc) is 2.36. The lowest BCUT2D eigenvalue weighted by molar-refractivity contribution is -0.387. The summed E-state index contributed by atoms with van der Waals surface area (Å²) in [7, 11) is 0. The fraction of sp³-hybridized carbons (Fsp3) is 0.333. The predicted molar refractivity (Wildman–Crippen MR) is 74.7 cm³/mol. The van der Waals surface area contributed by atoms with Crippen LogP contribution in [0, 0.1) is 22.5 Å². The van der Waals surface area contributed by atoms with Crippen LogP contribution in [0.1, 0.15) is 6.42 Å². The lowest BCUT2D eigenvalue weighted by atomic mass is 10.3. The highest BCUT2D eigenvalue weighted by Gasteiger charge is 2.16. The van der Waals surface area contributed by atoms with Gasteiger partial charge < -0.3 is 0 Å². The van der Waals surface area contributed by atoms with E-state index in [1.54, 1.807) is 18.2 Å². The molecule has 0 spiro atoms. The maximum atomic E-state index is 10.9. The molecule has 0 aromatic heterocycles. The first-order valence-electron chi connectivity index (χ1n) is 5.34. The second-order valence-corrected chi connectivity index (χ2v) is 4.94. The monoisotopic (exact) mass is 284 g/mol. The molecular weight excluding hydrogens is 272 g/mol. The van der Waals surface area contributed by atoms with E-state index in [9.17, 15) is 10.1 Å². The van der Waals surface area contributed by atoms with E-state index in [1.807, 2.05) is 4.31 Å².